The van der Waals surface area contributed by atoms with Gasteiger partial charge in [-0.3, -0.25) is 9.78 Å². The van der Waals surface area contributed by atoms with Crippen molar-refractivity contribution in [1.82, 2.24) is 9.97 Å². The summed E-state index contributed by atoms with van der Waals surface area (Å²) in [5.41, 5.74) is 1.01. The molecule has 0 atom stereocenters. The molecule has 0 fully saturated rings. The fraction of sp³-hybridized carbons (Fsp3) is 0. The Morgan fingerprint density at radius 2 is 1.83 bits per heavy atom. The van der Waals surface area contributed by atoms with E-state index in [1.54, 1.807) is 54.9 Å². The highest BCUT2D eigenvalue weighted by molar-refractivity contribution is 6.34. The molecule has 0 bridgehead atoms. The van der Waals surface area contributed by atoms with Crippen molar-refractivity contribution < 1.29 is 9.53 Å². The van der Waals surface area contributed by atoms with Crippen LogP contribution in [0, 0.1) is 0 Å². The summed E-state index contributed by atoms with van der Waals surface area (Å²) in [5.74, 6) is 0.506. The number of aromatic nitrogens is 2. The topological polar surface area (TPSA) is 64.1 Å². The first kappa shape index (κ1) is 16.2. The number of amides is 1. The molecule has 2 heterocycles. The number of hydrogen-bond acceptors (Lipinski definition) is 4. The zero-order chi connectivity index (χ0) is 16.9. The van der Waals surface area contributed by atoms with Crippen molar-refractivity contribution in [2.75, 3.05) is 5.32 Å². The van der Waals surface area contributed by atoms with Gasteiger partial charge in [-0.15, -0.1) is 0 Å². The van der Waals surface area contributed by atoms with Crippen LogP contribution in [0.4, 0.5) is 5.69 Å². The predicted molar refractivity (Wildman–Crippen MR) is 93.0 cm³/mol. The lowest BCUT2D eigenvalue weighted by molar-refractivity contribution is 0.102. The monoisotopic (exact) mass is 359 g/mol. The molecule has 2 aromatic heterocycles. The summed E-state index contributed by atoms with van der Waals surface area (Å²) in [6, 6.07) is 11.5. The van der Waals surface area contributed by atoms with Crippen molar-refractivity contribution >= 4 is 34.8 Å². The summed E-state index contributed by atoms with van der Waals surface area (Å²) in [5, 5.41) is 3.65. The summed E-state index contributed by atoms with van der Waals surface area (Å²) < 4.78 is 5.57. The maximum Gasteiger partial charge on any atom is 0.257 e. The number of ether oxygens (including phenoxy) is 1. The van der Waals surface area contributed by atoms with E-state index in [1.165, 1.54) is 6.20 Å². The summed E-state index contributed by atoms with van der Waals surface area (Å²) in [6.45, 7) is 0. The van der Waals surface area contributed by atoms with E-state index in [0.717, 1.165) is 0 Å². The number of rotatable bonds is 4. The molecule has 120 valence electrons. The second-order valence-electron chi connectivity index (χ2n) is 4.79. The van der Waals surface area contributed by atoms with Crippen LogP contribution < -0.4 is 10.1 Å². The Morgan fingerprint density at radius 1 is 1.04 bits per heavy atom. The second kappa shape index (κ2) is 7.29. The number of nitrogens with zero attached hydrogens (tertiary/aromatic N) is 2. The maximum absolute atomic E-state index is 12.1. The standard InChI is InChI=1S/C17H11Cl2N3O2/c18-12-6-13(19)8-15(7-12)24-16-4-3-11(9-21-16)17(23)22-14-2-1-5-20-10-14/h1-10H,(H,22,23). The largest absolute Gasteiger partial charge is 0.439 e. The Labute approximate surface area is 148 Å². The normalized spacial score (nSPS) is 10.2. The van der Waals surface area contributed by atoms with Gasteiger partial charge in [-0.25, -0.2) is 4.98 Å². The molecule has 0 aliphatic rings. The van der Waals surface area contributed by atoms with E-state index in [-0.39, 0.29) is 5.91 Å². The Hall–Kier alpha value is -2.63. The van der Waals surface area contributed by atoms with Gasteiger partial charge in [0.15, 0.2) is 0 Å². The highest BCUT2D eigenvalue weighted by atomic mass is 35.5. The molecule has 3 aromatic rings. The van der Waals surface area contributed by atoms with Crippen LogP contribution in [0.25, 0.3) is 0 Å². The van der Waals surface area contributed by atoms with Crippen molar-refractivity contribution in [3.05, 3.63) is 76.7 Å². The third-order valence-corrected chi connectivity index (χ3v) is 3.41. The van der Waals surface area contributed by atoms with Gasteiger partial charge < -0.3 is 10.1 Å². The van der Waals surface area contributed by atoms with E-state index in [4.69, 9.17) is 27.9 Å². The summed E-state index contributed by atoms with van der Waals surface area (Å²) in [4.78, 5) is 20.2. The van der Waals surface area contributed by atoms with Crippen molar-refractivity contribution in [3.8, 4) is 11.6 Å². The average molecular weight is 360 g/mol. The highest BCUT2D eigenvalue weighted by Crippen LogP contribution is 2.27. The second-order valence-corrected chi connectivity index (χ2v) is 5.66. The van der Waals surface area contributed by atoms with Crippen LogP contribution in [0.15, 0.2) is 61.1 Å². The third kappa shape index (κ3) is 4.22. The lowest BCUT2D eigenvalue weighted by atomic mass is 10.2. The Kier molecular flexibility index (Phi) is 4.93. The Morgan fingerprint density at radius 3 is 2.46 bits per heavy atom. The van der Waals surface area contributed by atoms with E-state index in [9.17, 15) is 4.79 Å². The maximum atomic E-state index is 12.1. The van der Waals surface area contributed by atoms with Crippen molar-refractivity contribution in [2.24, 2.45) is 0 Å². The van der Waals surface area contributed by atoms with Gasteiger partial charge in [-0.1, -0.05) is 23.2 Å². The molecule has 3 rings (SSSR count). The number of carbonyl (C=O) groups excluding carboxylic acids is 1. The quantitative estimate of drug-likeness (QED) is 0.724. The number of carbonyl (C=O) groups is 1. The molecule has 5 nitrogen and oxygen atoms in total. The molecule has 1 aromatic carbocycles. The van der Waals surface area contributed by atoms with Gasteiger partial charge in [-0.05, 0) is 36.4 Å². The molecule has 0 saturated carbocycles. The third-order valence-electron chi connectivity index (χ3n) is 2.98. The van der Waals surface area contributed by atoms with Gasteiger partial charge >= 0.3 is 0 Å². The zero-order valence-corrected chi connectivity index (χ0v) is 13.8. The number of benzene rings is 1. The van der Waals surface area contributed by atoms with Gasteiger partial charge in [0.25, 0.3) is 5.91 Å². The number of nitrogens with one attached hydrogen (secondary N) is 1. The van der Waals surface area contributed by atoms with Crippen molar-refractivity contribution in [1.29, 1.82) is 0 Å². The van der Waals surface area contributed by atoms with Gasteiger partial charge in [-0.2, -0.15) is 0 Å². The van der Waals surface area contributed by atoms with E-state index < -0.39 is 0 Å². The summed E-state index contributed by atoms with van der Waals surface area (Å²) in [6.07, 6.45) is 4.62. The first-order valence-electron chi connectivity index (χ1n) is 6.91. The summed E-state index contributed by atoms with van der Waals surface area (Å²) >= 11 is 11.8. The highest BCUT2D eigenvalue weighted by Gasteiger charge is 2.08. The molecule has 1 amide bonds. The fourth-order valence-corrected chi connectivity index (χ4v) is 2.43. The average Bonchev–Trinajstić information content (AvgIpc) is 2.55. The molecule has 0 radical (unpaired) electrons. The lowest BCUT2D eigenvalue weighted by Crippen LogP contribution is -2.12. The minimum atomic E-state index is -0.284. The Balaban J connectivity index is 1.70. The van der Waals surface area contributed by atoms with Crippen molar-refractivity contribution in [3.63, 3.8) is 0 Å². The Bertz CT molecular complexity index is 835. The SMILES string of the molecule is O=C(Nc1cccnc1)c1ccc(Oc2cc(Cl)cc(Cl)c2)nc1. The molecular formula is C17H11Cl2N3O2. The van der Waals surface area contributed by atoms with Crippen LogP contribution in [-0.4, -0.2) is 15.9 Å². The van der Waals surface area contributed by atoms with Crippen LogP contribution >= 0.6 is 23.2 Å². The lowest BCUT2D eigenvalue weighted by Gasteiger charge is -2.07. The van der Waals surface area contributed by atoms with Crippen LogP contribution in [-0.2, 0) is 0 Å². The predicted octanol–water partition coefficient (Wildman–Crippen LogP) is 4.83. The molecule has 24 heavy (non-hydrogen) atoms. The van der Waals surface area contributed by atoms with E-state index in [2.05, 4.69) is 15.3 Å². The van der Waals surface area contributed by atoms with Crippen molar-refractivity contribution in [2.45, 2.75) is 0 Å². The molecule has 0 spiro atoms. The minimum absolute atomic E-state index is 0.284. The van der Waals surface area contributed by atoms with Crippen LogP contribution in [0.2, 0.25) is 10.0 Å². The number of hydrogen-bond donors (Lipinski definition) is 1. The summed E-state index contributed by atoms with van der Waals surface area (Å²) in [7, 11) is 0. The zero-order valence-electron chi connectivity index (χ0n) is 12.2. The van der Waals surface area contributed by atoms with Crippen LogP contribution in [0.5, 0.6) is 11.6 Å². The fourth-order valence-electron chi connectivity index (χ4n) is 1.92. The minimum Gasteiger partial charge on any atom is -0.439 e. The smallest absolute Gasteiger partial charge is 0.257 e. The van der Waals surface area contributed by atoms with Gasteiger partial charge in [0.05, 0.1) is 17.4 Å². The molecule has 0 aliphatic heterocycles. The van der Waals surface area contributed by atoms with E-state index >= 15 is 0 Å². The van der Waals surface area contributed by atoms with Gasteiger partial charge in [0.2, 0.25) is 5.88 Å². The first-order valence-corrected chi connectivity index (χ1v) is 7.67. The molecular weight excluding hydrogens is 349 g/mol. The van der Waals surface area contributed by atoms with Gasteiger partial charge in [0, 0.05) is 28.5 Å². The molecule has 0 aliphatic carbocycles. The molecule has 0 saturated heterocycles. The number of pyridine rings is 2. The molecule has 1 N–H and O–H groups in total. The van der Waals surface area contributed by atoms with Crippen LogP contribution in [0.3, 0.4) is 0 Å². The number of halogens is 2. The van der Waals surface area contributed by atoms with Gasteiger partial charge in [0.1, 0.15) is 5.75 Å². The van der Waals surface area contributed by atoms with E-state index in [0.29, 0.717) is 32.9 Å². The molecule has 0 unspecified atom stereocenters. The van der Waals surface area contributed by atoms with Crippen LogP contribution in [0.1, 0.15) is 10.4 Å². The first-order chi connectivity index (χ1) is 11.6. The molecule has 7 heteroatoms. The number of anilines is 1. The van der Waals surface area contributed by atoms with E-state index in [1.807, 2.05) is 0 Å².